The summed E-state index contributed by atoms with van der Waals surface area (Å²) in [6, 6.07) is 0. The molecule has 2 nitrogen and oxygen atoms in total. The summed E-state index contributed by atoms with van der Waals surface area (Å²) in [5, 5.41) is -1.11. The molecule has 0 aromatic carbocycles. The van der Waals surface area contributed by atoms with E-state index in [2.05, 4.69) is 0 Å². The number of allylic oxidation sites excluding steroid dienone is 2. The maximum atomic E-state index is 10.6. The largest absolute Gasteiger partial charge is 0.281 e. The first-order valence-corrected chi connectivity index (χ1v) is 3.84. The number of rotatable bonds is 4. The SMILES string of the molecule is CC=CC(CC(=O)Cl)C(=O)Cl. The van der Waals surface area contributed by atoms with Gasteiger partial charge in [-0.25, -0.2) is 0 Å². The standard InChI is InChI=1S/C7H8Cl2O2/c1-2-3-5(7(9)11)4-6(8)10/h2-3,5H,4H2,1H3. The highest BCUT2D eigenvalue weighted by atomic mass is 35.5. The predicted octanol–water partition coefficient (Wildman–Crippen LogP) is 2.10. The summed E-state index contributed by atoms with van der Waals surface area (Å²) in [5.41, 5.74) is 0. The average molecular weight is 195 g/mol. The van der Waals surface area contributed by atoms with Crippen molar-refractivity contribution in [1.29, 1.82) is 0 Å². The van der Waals surface area contributed by atoms with Crippen LogP contribution >= 0.6 is 23.2 Å². The molecule has 62 valence electrons. The third-order valence-corrected chi connectivity index (χ3v) is 1.53. The Balaban J connectivity index is 4.11. The van der Waals surface area contributed by atoms with Crippen LogP contribution in [0, 0.1) is 5.92 Å². The van der Waals surface area contributed by atoms with Crippen LogP contribution < -0.4 is 0 Å². The lowest BCUT2D eigenvalue weighted by atomic mass is 10.1. The lowest BCUT2D eigenvalue weighted by molar-refractivity contribution is -0.118. The van der Waals surface area contributed by atoms with E-state index in [4.69, 9.17) is 23.2 Å². The minimum Gasteiger partial charge on any atom is -0.281 e. The lowest BCUT2D eigenvalue weighted by Crippen LogP contribution is -2.08. The van der Waals surface area contributed by atoms with Crippen molar-refractivity contribution in [2.45, 2.75) is 13.3 Å². The van der Waals surface area contributed by atoms with E-state index >= 15 is 0 Å². The molecular weight excluding hydrogens is 187 g/mol. The zero-order chi connectivity index (χ0) is 8.85. The Morgan fingerprint density at radius 1 is 1.45 bits per heavy atom. The fraction of sp³-hybridized carbons (Fsp3) is 0.429. The molecule has 0 heterocycles. The Labute approximate surface area is 75.2 Å². The van der Waals surface area contributed by atoms with Gasteiger partial charge in [-0.2, -0.15) is 0 Å². The highest BCUT2D eigenvalue weighted by molar-refractivity contribution is 6.66. The van der Waals surface area contributed by atoms with Crippen molar-refractivity contribution in [3.8, 4) is 0 Å². The van der Waals surface area contributed by atoms with Crippen LogP contribution in [0.25, 0.3) is 0 Å². The van der Waals surface area contributed by atoms with Gasteiger partial charge in [-0.3, -0.25) is 9.59 Å². The van der Waals surface area contributed by atoms with Gasteiger partial charge in [0, 0.05) is 6.42 Å². The minimum atomic E-state index is -0.577. The van der Waals surface area contributed by atoms with Crippen LogP contribution in [0.4, 0.5) is 0 Å². The highest BCUT2D eigenvalue weighted by Gasteiger charge is 2.15. The molecule has 0 saturated carbocycles. The first-order chi connectivity index (χ1) is 5.07. The Bertz CT molecular complexity index is 187. The maximum Gasteiger partial charge on any atom is 0.228 e. The summed E-state index contributed by atoms with van der Waals surface area (Å²) < 4.78 is 0. The third-order valence-electron chi connectivity index (χ3n) is 1.10. The summed E-state index contributed by atoms with van der Waals surface area (Å²) in [7, 11) is 0. The molecule has 0 radical (unpaired) electrons. The van der Waals surface area contributed by atoms with E-state index in [1.807, 2.05) is 0 Å². The molecule has 0 amide bonds. The van der Waals surface area contributed by atoms with E-state index in [9.17, 15) is 9.59 Å². The van der Waals surface area contributed by atoms with Gasteiger partial charge in [-0.1, -0.05) is 12.2 Å². The Morgan fingerprint density at radius 2 is 2.00 bits per heavy atom. The van der Waals surface area contributed by atoms with E-state index in [0.717, 1.165) is 0 Å². The van der Waals surface area contributed by atoms with Gasteiger partial charge in [0.15, 0.2) is 0 Å². The monoisotopic (exact) mass is 194 g/mol. The Kier molecular flexibility index (Phi) is 5.16. The summed E-state index contributed by atoms with van der Waals surface area (Å²) in [6.45, 7) is 1.74. The maximum absolute atomic E-state index is 10.6. The molecular formula is C7H8Cl2O2. The number of hydrogen-bond acceptors (Lipinski definition) is 2. The van der Waals surface area contributed by atoms with Gasteiger partial charge in [-0.05, 0) is 30.1 Å². The van der Waals surface area contributed by atoms with Gasteiger partial charge in [0.05, 0.1) is 5.92 Å². The summed E-state index contributed by atoms with van der Waals surface area (Å²) in [5.74, 6) is -0.577. The fourth-order valence-corrected chi connectivity index (χ4v) is 0.945. The van der Waals surface area contributed by atoms with Crippen LogP contribution in [0.1, 0.15) is 13.3 Å². The van der Waals surface area contributed by atoms with Gasteiger partial charge >= 0.3 is 0 Å². The van der Waals surface area contributed by atoms with Crippen molar-refractivity contribution >= 4 is 33.7 Å². The molecule has 0 aromatic rings. The summed E-state index contributed by atoms with van der Waals surface area (Å²) in [6.07, 6.45) is 3.18. The molecule has 0 rings (SSSR count). The van der Waals surface area contributed by atoms with Crippen LogP contribution in [0.5, 0.6) is 0 Å². The number of hydrogen-bond donors (Lipinski definition) is 0. The van der Waals surface area contributed by atoms with Crippen molar-refractivity contribution in [2.24, 2.45) is 5.92 Å². The Hall–Kier alpha value is -0.340. The molecule has 0 aromatic heterocycles. The molecule has 0 N–H and O–H groups in total. The van der Waals surface area contributed by atoms with Crippen molar-refractivity contribution in [3.63, 3.8) is 0 Å². The third kappa shape index (κ3) is 4.99. The number of carbonyl (C=O) groups is 2. The van der Waals surface area contributed by atoms with Crippen molar-refractivity contribution in [2.75, 3.05) is 0 Å². The average Bonchev–Trinajstić information content (AvgIpc) is 1.86. The van der Waals surface area contributed by atoms with Crippen molar-refractivity contribution in [3.05, 3.63) is 12.2 Å². The first-order valence-electron chi connectivity index (χ1n) is 3.08. The molecule has 4 heteroatoms. The second kappa shape index (κ2) is 5.33. The lowest BCUT2D eigenvalue weighted by Gasteiger charge is -2.01. The topological polar surface area (TPSA) is 34.1 Å². The predicted molar refractivity (Wildman–Crippen MR) is 44.6 cm³/mol. The molecule has 0 fully saturated rings. The van der Waals surface area contributed by atoms with Crippen LogP contribution in [0.3, 0.4) is 0 Å². The first kappa shape index (κ1) is 10.7. The molecule has 0 saturated heterocycles. The van der Waals surface area contributed by atoms with E-state index in [-0.39, 0.29) is 6.42 Å². The summed E-state index contributed by atoms with van der Waals surface area (Å²) in [4.78, 5) is 20.9. The van der Waals surface area contributed by atoms with E-state index < -0.39 is 16.4 Å². The highest BCUT2D eigenvalue weighted by Crippen LogP contribution is 2.11. The fourth-order valence-electron chi connectivity index (χ4n) is 0.629. The van der Waals surface area contributed by atoms with Crippen LogP contribution in [0.15, 0.2) is 12.2 Å². The second-order valence-electron chi connectivity index (χ2n) is 2.00. The van der Waals surface area contributed by atoms with Crippen LogP contribution in [-0.2, 0) is 9.59 Å². The quantitative estimate of drug-likeness (QED) is 0.508. The molecule has 0 spiro atoms. The Morgan fingerprint density at radius 3 is 2.27 bits per heavy atom. The second-order valence-corrected chi connectivity index (χ2v) is 2.79. The molecule has 0 aliphatic heterocycles. The van der Waals surface area contributed by atoms with Crippen molar-refractivity contribution < 1.29 is 9.59 Å². The van der Waals surface area contributed by atoms with Crippen LogP contribution in [-0.4, -0.2) is 10.5 Å². The van der Waals surface area contributed by atoms with Gasteiger partial charge in [-0.15, -0.1) is 0 Å². The van der Waals surface area contributed by atoms with Gasteiger partial charge < -0.3 is 0 Å². The molecule has 11 heavy (non-hydrogen) atoms. The molecule has 1 atom stereocenters. The zero-order valence-corrected chi connectivity index (χ0v) is 7.52. The van der Waals surface area contributed by atoms with E-state index in [0.29, 0.717) is 0 Å². The van der Waals surface area contributed by atoms with E-state index in [1.54, 1.807) is 19.1 Å². The van der Waals surface area contributed by atoms with Crippen LogP contribution in [0.2, 0.25) is 0 Å². The smallest absolute Gasteiger partial charge is 0.228 e. The molecule has 0 aliphatic rings. The van der Waals surface area contributed by atoms with Gasteiger partial charge in [0.25, 0.3) is 0 Å². The normalized spacial score (nSPS) is 13.4. The van der Waals surface area contributed by atoms with Crippen molar-refractivity contribution in [1.82, 2.24) is 0 Å². The molecule has 0 aliphatic carbocycles. The number of halogens is 2. The van der Waals surface area contributed by atoms with Gasteiger partial charge in [0.1, 0.15) is 0 Å². The number of carbonyl (C=O) groups excluding carboxylic acids is 2. The minimum absolute atomic E-state index is 0.0335. The van der Waals surface area contributed by atoms with E-state index in [1.165, 1.54) is 0 Å². The summed E-state index contributed by atoms with van der Waals surface area (Å²) >= 11 is 10.2. The van der Waals surface area contributed by atoms with Gasteiger partial charge in [0.2, 0.25) is 10.5 Å². The molecule has 0 bridgehead atoms. The molecule has 1 unspecified atom stereocenters. The zero-order valence-electron chi connectivity index (χ0n) is 6.01.